The minimum atomic E-state index is -0.581. The number of esters is 1. The summed E-state index contributed by atoms with van der Waals surface area (Å²) in [4.78, 5) is 21.3. The highest BCUT2D eigenvalue weighted by atomic mass is 32.1. The number of aromatic nitrogens is 4. The van der Waals surface area contributed by atoms with Crippen LogP contribution in [-0.4, -0.2) is 37.5 Å². The van der Waals surface area contributed by atoms with Crippen LogP contribution in [0, 0.1) is 10.1 Å². The predicted octanol–water partition coefficient (Wildman–Crippen LogP) is 0.809. The summed E-state index contributed by atoms with van der Waals surface area (Å²) in [6.45, 7) is 1.91. The second kappa shape index (κ2) is 4.87. The van der Waals surface area contributed by atoms with Gasteiger partial charge in [0.25, 0.3) is 0 Å². The van der Waals surface area contributed by atoms with E-state index < -0.39 is 10.9 Å². The zero-order valence-corrected chi connectivity index (χ0v) is 9.96. The van der Waals surface area contributed by atoms with E-state index in [1.54, 1.807) is 6.92 Å². The standard InChI is InChI=1S/C8H7N5O4S/c1-2-17-7(14)6-10-11-8(18-6)12-4-5(3-9-12)13(15)16/h3-4H,2H2,1H3. The third-order valence-electron chi connectivity index (χ3n) is 1.84. The van der Waals surface area contributed by atoms with Gasteiger partial charge in [-0.2, -0.15) is 5.10 Å². The van der Waals surface area contributed by atoms with Crippen molar-refractivity contribution in [1.82, 2.24) is 20.0 Å². The molecule has 0 aliphatic rings. The van der Waals surface area contributed by atoms with Gasteiger partial charge in [0.1, 0.15) is 12.4 Å². The molecule has 0 saturated heterocycles. The first-order chi connectivity index (χ1) is 8.61. The van der Waals surface area contributed by atoms with Gasteiger partial charge in [0, 0.05) is 0 Å². The van der Waals surface area contributed by atoms with Crippen molar-refractivity contribution in [1.29, 1.82) is 0 Å². The van der Waals surface area contributed by atoms with Crippen molar-refractivity contribution in [3.05, 3.63) is 27.5 Å². The molecule has 0 atom stereocenters. The van der Waals surface area contributed by atoms with E-state index in [1.807, 2.05) is 0 Å². The van der Waals surface area contributed by atoms with Crippen molar-refractivity contribution in [2.75, 3.05) is 6.61 Å². The molecule has 0 aliphatic carbocycles. The van der Waals surface area contributed by atoms with E-state index >= 15 is 0 Å². The summed E-state index contributed by atoms with van der Waals surface area (Å²) in [7, 11) is 0. The molecule has 0 radical (unpaired) electrons. The summed E-state index contributed by atoms with van der Waals surface area (Å²) in [6, 6.07) is 0. The van der Waals surface area contributed by atoms with E-state index in [-0.39, 0.29) is 22.4 Å². The molecule has 0 amide bonds. The quantitative estimate of drug-likeness (QED) is 0.458. The monoisotopic (exact) mass is 269 g/mol. The number of carbonyl (C=O) groups excluding carboxylic acids is 1. The van der Waals surface area contributed by atoms with Gasteiger partial charge in [-0.15, -0.1) is 10.2 Å². The van der Waals surface area contributed by atoms with Crippen molar-refractivity contribution in [2.24, 2.45) is 0 Å². The number of hydrogen-bond acceptors (Lipinski definition) is 8. The van der Waals surface area contributed by atoms with Crippen molar-refractivity contribution >= 4 is 23.0 Å². The van der Waals surface area contributed by atoms with Crippen LogP contribution in [0.4, 0.5) is 5.69 Å². The molecule has 0 aliphatic heterocycles. The number of nitro groups is 1. The van der Waals surface area contributed by atoms with Crippen molar-refractivity contribution in [2.45, 2.75) is 6.92 Å². The molecule has 0 bridgehead atoms. The van der Waals surface area contributed by atoms with Crippen molar-refractivity contribution in [3.8, 4) is 5.13 Å². The maximum atomic E-state index is 11.4. The molecule has 94 valence electrons. The Labute approximate surface area is 104 Å². The van der Waals surface area contributed by atoms with Crippen molar-refractivity contribution < 1.29 is 14.5 Å². The van der Waals surface area contributed by atoms with Crippen LogP contribution in [0.1, 0.15) is 16.7 Å². The summed E-state index contributed by atoms with van der Waals surface area (Å²) in [5.41, 5.74) is -0.164. The lowest BCUT2D eigenvalue weighted by molar-refractivity contribution is -0.384. The summed E-state index contributed by atoms with van der Waals surface area (Å²) in [6.07, 6.45) is 2.28. The zero-order valence-electron chi connectivity index (χ0n) is 9.14. The van der Waals surface area contributed by atoms with E-state index in [2.05, 4.69) is 15.3 Å². The van der Waals surface area contributed by atoms with Crippen LogP contribution in [0.5, 0.6) is 0 Å². The van der Waals surface area contributed by atoms with Gasteiger partial charge < -0.3 is 4.74 Å². The number of rotatable bonds is 4. The normalized spacial score (nSPS) is 10.3. The van der Waals surface area contributed by atoms with Crippen LogP contribution < -0.4 is 0 Å². The van der Waals surface area contributed by atoms with Crippen LogP contribution in [0.3, 0.4) is 0 Å². The topological polar surface area (TPSA) is 113 Å². The number of carbonyl (C=O) groups is 1. The minimum Gasteiger partial charge on any atom is -0.461 e. The maximum Gasteiger partial charge on any atom is 0.369 e. The molecule has 0 unspecified atom stereocenters. The average molecular weight is 269 g/mol. The Bertz CT molecular complexity index is 592. The smallest absolute Gasteiger partial charge is 0.369 e. The molecule has 2 aromatic heterocycles. The van der Waals surface area contributed by atoms with E-state index in [1.165, 1.54) is 10.9 Å². The lowest BCUT2D eigenvalue weighted by atomic mass is 10.6. The second-order valence-electron chi connectivity index (χ2n) is 3.01. The van der Waals surface area contributed by atoms with Gasteiger partial charge >= 0.3 is 11.7 Å². The van der Waals surface area contributed by atoms with E-state index in [9.17, 15) is 14.9 Å². The Kier molecular flexibility index (Phi) is 3.28. The fraction of sp³-hybridized carbons (Fsp3) is 0.250. The van der Waals surface area contributed by atoms with Crippen LogP contribution >= 0.6 is 11.3 Å². The van der Waals surface area contributed by atoms with Crippen LogP contribution in [-0.2, 0) is 4.74 Å². The van der Waals surface area contributed by atoms with Gasteiger partial charge in [-0.3, -0.25) is 10.1 Å². The number of nitrogens with zero attached hydrogens (tertiary/aromatic N) is 5. The highest BCUT2D eigenvalue weighted by Gasteiger charge is 2.17. The fourth-order valence-corrected chi connectivity index (χ4v) is 1.77. The van der Waals surface area contributed by atoms with E-state index in [0.717, 1.165) is 17.5 Å². The van der Waals surface area contributed by atoms with Gasteiger partial charge in [-0.25, -0.2) is 9.48 Å². The predicted molar refractivity (Wildman–Crippen MR) is 59.6 cm³/mol. The summed E-state index contributed by atoms with van der Waals surface area (Å²) >= 11 is 0.940. The second-order valence-corrected chi connectivity index (χ2v) is 3.97. The molecular formula is C8H7N5O4S. The number of ether oxygens (including phenoxy) is 1. The van der Waals surface area contributed by atoms with Crippen LogP contribution in [0.2, 0.25) is 0 Å². The molecule has 0 N–H and O–H groups in total. The highest BCUT2D eigenvalue weighted by Crippen LogP contribution is 2.17. The first kappa shape index (κ1) is 12.1. The molecule has 2 rings (SSSR count). The average Bonchev–Trinajstić information content (AvgIpc) is 2.98. The lowest BCUT2D eigenvalue weighted by Gasteiger charge is -1.94. The van der Waals surface area contributed by atoms with Gasteiger partial charge in [-0.1, -0.05) is 11.3 Å². The maximum absolute atomic E-state index is 11.4. The molecule has 9 nitrogen and oxygen atoms in total. The largest absolute Gasteiger partial charge is 0.461 e. The lowest BCUT2D eigenvalue weighted by Crippen LogP contribution is -2.03. The van der Waals surface area contributed by atoms with Gasteiger partial charge in [0.15, 0.2) is 0 Å². The summed E-state index contributed by atoms with van der Waals surface area (Å²) in [5.74, 6) is -0.581. The molecular weight excluding hydrogens is 262 g/mol. The van der Waals surface area contributed by atoms with Crippen LogP contribution in [0.25, 0.3) is 5.13 Å². The van der Waals surface area contributed by atoms with Gasteiger partial charge in [-0.05, 0) is 6.92 Å². The molecule has 2 heterocycles. The molecule has 10 heteroatoms. The Hall–Kier alpha value is -2.36. The summed E-state index contributed by atoms with van der Waals surface area (Å²) in [5, 5.41) is 21.9. The SMILES string of the molecule is CCOC(=O)c1nnc(-n2cc([N+](=O)[O-])cn2)s1. The Balaban J connectivity index is 2.23. The molecule has 0 fully saturated rings. The molecule has 0 saturated carbocycles. The Morgan fingerprint density at radius 1 is 1.61 bits per heavy atom. The zero-order chi connectivity index (χ0) is 13.1. The molecule has 18 heavy (non-hydrogen) atoms. The first-order valence-electron chi connectivity index (χ1n) is 4.82. The molecule has 0 spiro atoms. The van der Waals surface area contributed by atoms with Crippen molar-refractivity contribution in [3.63, 3.8) is 0 Å². The third-order valence-corrected chi connectivity index (χ3v) is 2.73. The minimum absolute atomic E-state index is 0.0741. The molecule has 2 aromatic rings. The Morgan fingerprint density at radius 3 is 3.00 bits per heavy atom. The third kappa shape index (κ3) is 2.32. The Morgan fingerprint density at radius 2 is 2.39 bits per heavy atom. The summed E-state index contributed by atoms with van der Waals surface area (Å²) < 4.78 is 5.93. The fourth-order valence-electron chi connectivity index (χ4n) is 1.10. The molecule has 0 aromatic carbocycles. The van der Waals surface area contributed by atoms with Gasteiger partial charge in [0.2, 0.25) is 10.1 Å². The van der Waals surface area contributed by atoms with E-state index in [4.69, 9.17) is 4.74 Å². The van der Waals surface area contributed by atoms with Gasteiger partial charge in [0.05, 0.1) is 11.5 Å². The van der Waals surface area contributed by atoms with E-state index in [0.29, 0.717) is 0 Å². The highest BCUT2D eigenvalue weighted by molar-refractivity contribution is 7.15. The van der Waals surface area contributed by atoms with Crippen LogP contribution in [0.15, 0.2) is 12.4 Å². The number of hydrogen-bond donors (Lipinski definition) is 0. The first-order valence-corrected chi connectivity index (χ1v) is 5.63.